The van der Waals surface area contributed by atoms with Gasteiger partial charge in [-0.25, -0.2) is 0 Å². The molecule has 0 saturated heterocycles. The lowest BCUT2D eigenvalue weighted by atomic mass is 10.0. The van der Waals surface area contributed by atoms with Crippen molar-refractivity contribution in [1.29, 1.82) is 0 Å². The Hall–Kier alpha value is -1.08. The van der Waals surface area contributed by atoms with Crippen molar-refractivity contribution in [3.05, 3.63) is 46.5 Å². The van der Waals surface area contributed by atoms with E-state index >= 15 is 0 Å². The summed E-state index contributed by atoms with van der Waals surface area (Å²) in [5, 5.41) is 0.714. The summed E-state index contributed by atoms with van der Waals surface area (Å²) in [6, 6.07) is 5.33. The van der Waals surface area contributed by atoms with E-state index in [1.165, 1.54) is 0 Å². The van der Waals surface area contributed by atoms with E-state index in [2.05, 4.69) is 6.58 Å². The van der Waals surface area contributed by atoms with E-state index in [1.54, 1.807) is 19.1 Å². The Morgan fingerprint density at radius 1 is 1.50 bits per heavy atom. The molecule has 0 unspecified atom stereocenters. The molecule has 14 heavy (non-hydrogen) atoms. The van der Waals surface area contributed by atoms with Crippen molar-refractivity contribution in [2.45, 2.75) is 20.3 Å². The second-order valence-electron chi connectivity index (χ2n) is 3.27. The third-order valence-electron chi connectivity index (χ3n) is 2.08. The van der Waals surface area contributed by atoms with E-state index in [-0.39, 0.29) is 5.78 Å². The molecule has 0 bridgehead atoms. The molecule has 0 aliphatic rings. The minimum Gasteiger partial charge on any atom is -0.289 e. The maximum absolute atomic E-state index is 11.6. The summed E-state index contributed by atoms with van der Waals surface area (Å²) in [7, 11) is 0. The summed E-state index contributed by atoms with van der Waals surface area (Å²) in [4.78, 5) is 11.6. The fourth-order valence-corrected chi connectivity index (χ4v) is 1.48. The Balaban J connectivity index is 3.12. The van der Waals surface area contributed by atoms with Gasteiger partial charge in [-0.2, -0.15) is 0 Å². The van der Waals surface area contributed by atoms with Crippen LogP contribution in [0.15, 0.2) is 30.4 Å². The Kier molecular flexibility index (Phi) is 3.48. The zero-order valence-electron chi connectivity index (χ0n) is 8.43. The van der Waals surface area contributed by atoms with Crippen LogP contribution in [-0.4, -0.2) is 5.78 Å². The van der Waals surface area contributed by atoms with Gasteiger partial charge in [-0.1, -0.05) is 25.1 Å². The topological polar surface area (TPSA) is 17.1 Å². The zero-order valence-corrected chi connectivity index (χ0v) is 9.19. The van der Waals surface area contributed by atoms with Crippen molar-refractivity contribution in [3.8, 4) is 0 Å². The number of hydrogen-bond donors (Lipinski definition) is 0. The van der Waals surface area contributed by atoms with E-state index in [0.717, 1.165) is 12.0 Å². The van der Waals surface area contributed by atoms with Crippen LogP contribution in [0.2, 0.25) is 5.02 Å². The number of hydrogen-bond acceptors (Lipinski definition) is 1. The number of carbonyl (C=O) groups is 1. The fourth-order valence-electron chi connectivity index (χ4n) is 1.23. The van der Waals surface area contributed by atoms with Crippen molar-refractivity contribution in [2.24, 2.45) is 0 Å². The molecule has 0 radical (unpaired) electrons. The predicted octanol–water partition coefficient (Wildman–Crippen LogP) is 3.66. The lowest BCUT2D eigenvalue weighted by Gasteiger charge is -2.04. The number of rotatable bonds is 3. The summed E-state index contributed by atoms with van der Waals surface area (Å²) in [6.07, 6.45) is 0.830. The lowest BCUT2D eigenvalue weighted by Crippen LogP contribution is -2.00. The highest BCUT2D eigenvalue weighted by atomic mass is 35.5. The minimum absolute atomic E-state index is 0.0173. The van der Waals surface area contributed by atoms with Gasteiger partial charge in [0, 0.05) is 10.6 Å². The molecule has 0 aliphatic carbocycles. The maximum Gasteiger partial charge on any atom is 0.188 e. The largest absolute Gasteiger partial charge is 0.289 e. The number of allylic oxidation sites excluding steroid dienone is 1. The summed E-state index contributed by atoms with van der Waals surface area (Å²) in [6.45, 7) is 7.35. The molecule has 0 spiro atoms. The molecule has 0 atom stereocenters. The van der Waals surface area contributed by atoms with Crippen molar-refractivity contribution in [2.75, 3.05) is 0 Å². The molecule has 1 nitrogen and oxygen atoms in total. The molecule has 0 aliphatic heterocycles. The number of ketones is 1. The van der Waals surface area contributed by atoms with Gasteiger partial charge in [0.25, 0.3) is 0 Å². The number of Topliss-reactive ketones (excluding diaryl/α,β-unsaturated/α-hetero) is 1. The van der Waals surface area contributed by atoms with Crippen LogP contribution in [0.4, 0.5) is 0 Å². The van der Waals surface area contributed by atoms with E-state index in [4.69, 9.17) is 11.6 Å². The van der Waals surface area contributed by atoms with Gasteiger partial charge in [-0.15, -0.1) is 0 Å². The highest BCUT2D eigenvalue weighted by Gasteiger charge is 2.08. The first-order chi connectivity index (χ1) is 6.56. The first-order valence-corrected chi connectivity index (χ1v) is 4.92. The Morgan fingerprint density at radius 3 is 2.64 bits per heavy atom. The molecule has 2 heteroatoms. The third kappa shape index (κ3) is 2.24. The van der Waals surface area contributed by atoms with Crippen LogP contribution < -0.4 is 0 Å². The molecule has 74 valence electrons. The molecule has 0 aromatic heterocycles. The lowest BCUT2D eigenvalue weighted by molar-refractivity contribution is 0.103. The number of carbonyl (C=O) groups excluding carboxylic acids is 1. The fraction of sp³-hybridized carbons (Fsp3) is 0.250. The summed E-state index contributed by atoms with van der Waals surface area (Å²) in [5.74, 6) is -0.0173. The third-order valence-corrected chi connectivity index (χ3v) is 2.45. The molecule has 1 aromatic carbocycles. The molecular weight excluding hydrogens is 196 g/mol. The van der Waals surface area contributed by atoms with E-state index < -0.39 is 0 Å². The smallest absolute Gasteiger partial charge is 0.188 e. The average molecular weight is 209 g/mol. The average Bonchev–Trinajstić information content (AvgIpc) is 2.17. The quantitative estimate of drug-likeness (QED) is 0.547. The normalized spacial score (nSPS) is 9.93. The summed E-state index contributed by atoms with van der Waals surface area (Å²) < 4.78 is 0. The Bertz CT molecular complexity index is 380. The second-order valence-corrected chi connectivity index (χ2v) is 3.68. The molecule has 0 amide bonds. The predicted molar refractivity (Wildman–Crippen MR) is 60.0 cm³/mol. The van der Waals surface area contributed by atoms with Crippen LogP contribution >= 0.6 is 11.6 Å². The highest BCUT2D eigenvalue weighted by Crippen LogP contribution is 2.19. The number of aryl methyl sites for hydroxylation is 1. The molecule has 0 heterocycles. The van der Waals surface area contributed by atoms with Crippen LogP contribution in [0.5, 0.6) is 0 Å². The summed E-state index contributed by atoms with van der Waals surface area (Å²) in [5.41, 5.74) is 2.21. The van der Waals surface area contributed by atoms with Gasteiger partial charge in [-0.05, 0) is 42.7 Å². The molecule has 1 aromatic rings. The molecule has 0 fully saturated rings. The van der Waals surface area contributed by atoms with Crippen LogP contribution in [0.3, 0.4) is 0 Å². The maximum atomic E-state index is 11.6. The minimum atomic E-state index is -0.0173. The van der Waals surface area contributed by atoms with Crippen LogP contribution in [-0.2, 0) is 6.42 Å². The van der Waals surface area contributed by atoms with Crippen molar-refractivity contribution in [1.82, 2.24) is 0 Å². The van der Waals surface area contributed by atoms with Gasteiger partial charge in [-0.3, -0.25) is 4.79 Å². The summed E-state index contributed by atoms with van der Waals surface area (Å²) >= 11 is 5.95. The standard InChI is InChI=1S/C12H13ClO/c1-4-9-7-10(5-6-11(9)13)12(14)8(2)3/h5-7H,2,4H2,1,3H3. The van der Waals surface area contributed by atoms with Crippen LogP contribution in [0, 0.1) is 0 Å². The van der Waals surface area contributed by atoms with Gasteiger partial charge in [0.1, 0.15) is 0 Å². The van der Waals surface area contributed by atoms with Crippen molar-refractivity contribution < 1.29 is 4.79 Å². The zero-order chi connectivity index (χ0) is 10.7. The molecular formula is C12H13ClO. The SMILES string of the molecule is C=C(C)C(=O)c1ccc(Cl)c(CC)c1. The second kappa shape index (κ2) is 4.43. The molecule has 1 rings (SSSR count). The number of benzene rings is 1. The monoisotopic (exact) mass is 208 g/mol. The van der Waals surface area contributed by atoms with Crippen molar-refractivity contribution in [3.63, 3.8) is 0 Å². The first-order valence-electron chi connectivity index (χ1n) is 4.55. The van der Waals surface area contributed by atoms with Crippen LogP contribution in [0.25, 0.3) is 0 Å². The van der Waals surface area contributed by atoms with Gasteiger partial charge in [0.05, 0.1) is 0 Å². The Labute approximate surface area is 89.4 Å². The van der Waals surface area contributed by atoms with Gasteiger partial charge in [0.15, 0.2) is 5.78 Å². The van der Waals surface area contributed by atoms with Gasteiger partial charge >= 0.3 is 0 Å². The van der Waals surface area contributed by atoms with Crippen LogP contribution in [0.1, 0.15) is 29.8 Å². The Morgan fingerprint density at radius 2 is 2.14 bits per heavy atom. The van der Waals surface area contributed by atoms with E-state index in [0.29, 0.717) is 16.2 Å². The van der Waals surface area contributed by atoms with Gasteiger partial charge < -0.3 is 0 Å². The highest BCUT2D eigenvalue weighted by molar-refractivity contribution is 6.31. The van der Waals surface area contributed by atoms with Gasteiger partial charge in [0.2, 0.25) is 0 Å². The van der Waals surface area contributed by atoms with E-state index in [1.807, 2.05) is 13.0 Å². The molecule has 0 saturated carbocycles. The van der Waals surface area contributed by atoms with E-state index in [9.17, 15) is 4.79 Å². The first kappa shape index (κ1) is 11.0. The van der Waals surface area contributed by atoms with Crippen molar-refractivity contribution >= 4 is 17.4 Å². The molecule has 0 N–H and O–H groups in total. The number of halogens is 1.